The van der Waals surface area contributed by atoms with Crippen LogP contribution in [0.1, 0.15) is 32.8 Å². The van der Waals surface area contributed by atoms with E-state index >= 15 is 0 Å². The van der Waals surface area contributed by atoms with Crippen molar-refractivity contribution in [1.29, 1.82) is 0 Å². The van der Waals surface area contributed by atoms with Gasteiger partial charge in [-0.25, -0.2) is 0 Å². The first-order valence-corrected chi connectivity index (χ1v) is 5.45. The van der Waals surface area contributed by atoms with Crippen LogP contribution in [-0.4, -0.2) is 10.8 Å². The van der Waals surface area contributed by atoms with Gasteiger partial charge in [0.05, 0.1) is 12.1 Å². The van der Waals surface area contributed by atoms with Crippen molar-refractivity contribution in [2.75, 3.05) is 0 Å². The minimum Gasteiger partial charge on any atom is -0.355 e. The molecule has 0 amide bonds. The highest BCUT2D eigenvalue weighted by Crippen LogP contribution is 2.36. The van der Waals surface area contributed by atoms with Crippen molar-refractivity contribution >= 4 is 5.71 Å². The molecule has 1 aromatic carbocycles. The molecule has 3 nitrogen and oxygen atoms in total. The van der Waals surface area contributed by atoms with Crippen molar-refractivity contribution < 1.29 is 9.94 Å². The second-order valence-corrected chi connectivity index (χ2v) is 5.21. The lowest BCUT2D eigenvalue weighted by Gasteiger charge is -2.22. The Morgan fingerprint density at radius 1 is 1.25 bits per heavy atom. The molecule has 1 heterocycles. The smallest absolute Gasteiger partial charge is 0.266 e. The van der Waals surface area contributed by atoms with Gasteiger partial charge in [-0.05, 0) is 0 Å². The molecular weight excluding hydrogens is 202 g/mol. The maximum Gasteiger partial charge on any atom is 0.266 e. The standard InChI is InChI=1S/C13H17NO2/c1-12(2,3)11-9-13(15,16-14-11)10-7-5-4-6-8-10/h4-8,15H,9H2,1-3H3/t13-/m1/s1. The Labute approximate surface area is 95.7 Å². The van der Waals surface area contributed by atoms with Crippen molar-refractivity contribution in [3.63, 3.8) is 0 Å². The van der Waals surface area contributed by atoms with Crippen molar-refractivity contribution in [2.45, 2.75) is 33.0 Å². The molecule has 1 N–H and O–H groups in total. The zero-order valence-corrected chi connectivity index (χ0v) is 9.90. The molecule has 0 aromatic heterocycles. The molecule has 0 radical (unpaired) electrons. The number of nitrogens with zero attached hydrogens (tertiary/aromatic N) is 1. The molecule has 2 rings (SSSR count). The van der Waals surface area contributed by atoms with Gasteiger partial charge >= 0.3 is 0 Å². The van der Waals surface area contributed by atoms with Crippen molar-refractivity contribution in [3.8, 4) is 0 Å². The van der Waals surface area contributed by atoms with Crippen molar-refractivity contribution in [1.82, 2.24) is 0 Å². The molecule has 1 aliphatic heterocycles. The summed E-state index contributed by atoms with van der Waals surface area (Å²) in [4.78, 5) is 5.21. The van der Waals surface area contributed by atoms with E-state index in [9.17, 15) is 5.11 Å². The molecular formula is C13H17NO2. The summed E-state index contributed by atoms with van der Waals surface area (Å²) in [7, 11) is 0. The average Bonchev–Trinajstić information content (AvgIpc) is 2.63. The van der Waals surface area contributed by atoms with Crippen molar-refractivity contribution in [3.05, 3.63) is 35.9 Å². The van der Waals surface area contributed by atoms with Gasteiger partial charge in [0.15, 0.2) is 0 Å². The van der Waals surface area contributed by atoms with E-state index in [0.717, 1.165) is 11.3 Å². The number of oxime groups is 1. The molecule has 3 heteroatoms. The third-order valence-corrected chi connectivity index (χ3v) is 2.80. The monoisotopic (exact) mass is 219 g/mol. The third kappa shape index (κ3) is 1.95. The summed E-state index contributed by atoms with van der Waals surface area (Å²) in [5.74, 6) is -1.29. The zero-order chi connectivity index (χ0) is 11.8. The summed E-state index contributed by atoms with van der Waals surface area (Å²) < 4.78 is 0. The predicted octanol–water partition coefficient (Wildman–Crippen LogP) is 2.65. The normalized spacial score (nSPS) is 25.1. The van der Waals surface area contributed by atoms with Gasteiger partial charge in [-0.1, -0.05) is 56.3 Å². The molecule has 0 fully saturated rings. The molecule has 0 unspecified atom stereocenters. The average molecular weight is 219 g/mol. The fourth-order valence-corrected chi connectivity index (χ4v) is 1.68. The van der Waals surface area contributed by atoms with Gasteiger partial charge in [-0.15, -0.1) is 0 Å². The number of hydrogen-bond acceptors (Lipinski definition) is 3. The second kappa shape index (κ2) is 3.59. The summed E-state index contributed by atoms with van der Waals surface area (Å²) >= 11 is 0. The lowest BCUT2D eigenvalue weighted by Crippen LogP contribution is -2.28. The molecule has 1 aromatic rings. The Morgan fingerprint density at radius 3 is 2.38 bits per heavy atom. The van der Waals surface area contributed by atoms with Crippen LogP contribution in [0.3, 0.4) is 0 Å². The third-order valence-electron chi connectivity index (χ3n) is 2.80. The van der Waals surface area contributed by atoms with Gasteiger partial charge < -0.3 is 9.94 Å². The largest absolute Gasteiger partial charge is 0.355 e. The predicted molar refractivity (Wildman–Crippen MR) is 62.9 cm³/mol. The Hall–Kier alpha value is -1.35. The summed E-state index contributed by atoms with van der Waals surface area (Å²) in [6, 6.07) is 9.37. The topological polar surface area (TPSA) is 41.8 Å². The fourth-order valence-electron chi connectivity index (χ4n) is 1.68. The van der Waals surface area contributed by atoms with E-state index in [-0.39, 0.29) is 5.41 Å². The van der Waals surface area contributed by atoms with Crippen LogP contribution in [-0.2, 0) is 10.6 Å². The molecule has 86 valence electrons. The highest BCUT2D eigenvalue weighted by atomic mass is 16.7. The molecule has 1 atom stereocenters. The quantitative estimate of drug-likeness (QED) is 0.789. The van der Waals surface area contributed by atoms with Gasteiger partial charge in [0.25, 0.3) is 5.79 Å². The van der Waals surface area contributed by atoms with Gasteiger partial charge in [0, 0.05) is 11.0 Å². The summed E-state index contributed by atoms with van der Waals surface area (Å²) in [6.45, 7) is 6.18. The van der Waals surface area contributed by atoms with Crippen LogP contribution in [0.5, 0.6) is 0 Å². The van der Waals surface area contributed by atoms with E-state index in [2.05, 4.69) is 25.9 Å². The van der Waals surface area contributed by atoms with Crippen LogP contribution in [0.2, 0.25) is 0 Å². The van der Waals surface area contributed by atoms with E-state index in [4.69, 9.17) is 4.84 Å². The number of hydrogen-bond donors (Lipinski definition) is 1. The Kier molecular flexibility index (Phi) is 2.50. The number of rotatable bonds is 1. The Bertz CT molecular complexity index is 406. The Morgan fingerprint density at radius 2 is 1.88 bits per heavy atom. The van der Waals surface area contributed by atoms with Crippen LogP contribution in [0.25, 0.3) is 0 Å². The summed E-state index contributed by atoms with van der Waals surface area (Å²) in [6.07, 6.45) is 0.431. The first-order valence-electron chi connectivity index (χ1n) is 5.45. The highest BCUT2D eigenvalue weighted by molar-refractivity contribution is 5.90. The van der Waals surface area contributed by atoms with Crippen LogP contribution in [0.4, 0.5) is 0 Å². The molecule has 0 spiro atoms. The second-order valence-electron chi connectivity index (χ2n) is 5.21. The first kappa shape index (κ1) is 11.1. The minimum atomic E-state index is -1.29. The zero-order valence-electron chi connectivity index (χ0n) is 9.90. The summed E-state index contributed by atoms with van der Waals surface area (Å²) in [5, 5.41) is 14.4. The van der Waals surface area contributed by atoms with Crippen LogP contribution < -0.4 is 0 Å². The van der Waals surface area contributed by atoms with Crippen LogP contribution >= 0.6 is 0 Å². The minimum absolute atomic E-state index is 0.0702. The van der Waals surface area contributed by atoms with E-state index in [1.165, 1.54) is 0 Å². The highest BCUT2D eigenvalue weighted by Gasteiger charge is 2.41. The van der Waals surface area contributed by atoms with Crippen molar-refractivity contribution in [2.24, 2.45) is 10.6 Å². The van der Waals surface area contributed by atoms with E-state index < -0.39 is 5.79 Å². The first-order chi connectivity index (χ1) is 7.42. The van der Waals surface area contributed by atoms with Gasteiger partial charge in [0.2, 0.25) is 0 Å². The number of aliphatic hydroxyl groups is 1. The summed E-state index contributed by atoms with van der Waals surface area (Å²) in [5.41, 5.74) is 1.57. The molecule has 16 heavy (non-hydrogen) atoms. The molecule has 0 bridgehead atoms. The maximum atomic E-state index is 10.4. The molecule has 0 saturated carbocycles. The molecule has 0 aliphatic carbocycles. The number of benzene rings is 1. The van der Waals surface area contributed by atoms with Crippen LogP contribution in [0, 0.1) is 5.41 Å². The lowest BCUT2D eigenvalue weighted by atomic mass is 9.85. The van der Waals surface area contributed by atoms with Gasteiger partial charge in [-0.2, -0.15) is 0 Å². The maximum absolute atomic E-state index is 10.4. The fraction of sp³-hybridized carbons (Fsp3) is 0.462. The van der Waals surface area contributed by atoms with Gasteiger partial charge in [-0.3, -0.25) is 0 Å². The Balaban J connectivity index is 2.22. The lowest BCUT2D eigenvalue weighted by molar-refractivity contribution is -0.193. The van der Waals surface area contributed by atoms with E-state index in [1.54, 1.807) is 0 Å². The SMILES string of the molecule is CC(C)(C)C1=NO[C@@](O)(c2ccccc2)C1. The molecule has 0 saturated heterocycles. The van der Waals surface area contributed by atoms with Crippen LogP contribution in [0.15, 0.2) is 35.5 Å². The van der Waals surface area contributed by atoms with E-state index in [0.29, 0.717) is 6.42 Å². The van der Waals surface area contributed by atoms with E-state index in [1.807, 2.05) is 30.3 Å². The molecule has 1 aliphatic rings. The van der Waals surface area contributed by atoms with Gasteiger partial charge in [0.1, 0.15) is 0 Å².